The number of benzene rings is 1. The standard InChI is InChI=1S/C17H14ClNO2S3/c1-2-9-19-16(20)14(24-17(19)22)10-12-5-8-15(21-12)23-13-6-3-11(18)4-7-13/h3-8,10H,2,9H2,1H3. The number of carbonyl (C=O) groups excluding carboxylic acids is 1. The third kappa shape index (κ3) is 4.06. The fourth-order valence-corrected chi connectivity index (χ4v) is 4.32. The first kappa shape index (κ1) is 17.6. The molecular formula is C17H14ClNO2S3. The largest absolute Gasteiger partial charge is 0.450 e. The molecule has 7 heteroatoms. The van der Waals surface area contributed by atoms with E-state index in [1.54, 1.807) is 11.0 Å². The molecule has 0 aliphatic carbocycles. The van der Waals surface area contributed by atoms with E-state index in [-0.39, 0.29) is 5.91 Å². The third-order valence-electron chi connectivity index (χ3n) is 3.23. The van der Waals surface area contributed by atoms with Crippen LogP contribution in [-0.4, -0.2) is 21.7 Å². The summed E-state index contributed by atoms with van der Waals surface area (Å²) in [6.07, 6.45) is 2.63. The predicted molar refractivity (Wildman–Crippen MR) is 104 cm³/mol. The summed E-state index contributed by atoms with van der Waals surface area (Å²) < 4.78 is 6.39. The second kappa shape index (κ2) is 7.78. The van der Waals surface area contributed by atoms with Crippen LogP contribution in [0.5, 0.6) is 0 Å². The molecule has 1 aliphatic heterocycles. The Hall–Kier alpha value is -1.21. The normalized spacial score (nSPS) is 16.4. The van der Waals surface area contributed by atoms with Crippen molar-refractivity contribution in [2.45, 2.75) is 23.3 Å². The lowest BCUT2D eigenvalue weighted by Gasteiger charge is -2.11. The number of thioether (sulfide) groups is 1. The van der Waals surface area contributed by atoms with Crippen LogP contribution in [0.2, 0.25) is 5.02 Å². The number of amides is 1. The zero-order chi connectivity index (χ0) is 17.1. The quantitative estimate of drug-likeness (QED) is 0.479. The number of hydrogen-bond donors (Lipinski definition) is 0. The summed E-state index contributed by atoms with van der Waals surface area (Å²) in [6, 6.07) is 11.3. The highest BCUT2D eigenvalue weighted by atomic mass is 35.5. The first-order valence-electron chi connectivity index (χ1n) is 7.35. The summed E-state index contributed by atoms with van der Waals surface area (Å²) in [5.41, 5.74) is 0. The minimum absolute atomic E-state index is 0.0462. The predicted octanol–water partition coefficient (Wildman–Crippen LogP) is 5.70. The zero-order valence-corrected chi connectivity index (χ0v) is 16.0. The maximum absolute atomic E-state index is 12.3. The van der Waals surface area contributed by atoms with Crippen LogP contribution in [0.1, 0.15) is 19.1 Å². The smallest absolute Gasteiger partial charge is 0.266 e. The van der Waals surface area contributed by atoms with Crippen LogP contribution in [0.3, 0.4) is 0 Å². The molecule has 1 fully saturated rings. The lowest BCUT2D eigenvalue weighted by atomic mass is 10.3. The third-order valence-corrected chi connectivity index (χ3v) is 5.79. The van der Waals surface area contributed by atoms with E-state index in [4.69, 9.17) is 28.2 Å². The molecule has 0 saturated carbocycles. The van der Waals surface area contributed by atoms with Gasteiger partial charge in [0, 0.05) is 22.5 Å². The Labute approximate surface area is 159 Å². The van der Waals surface area contributed by atoms with Gasteiger partial charge in [-0.05, 0) is 42.8 Å². The van der Waals surface area contributed by atoms with Crippen molar-refractivity contribution in [2.75, 3.05) is 6.54 Å². The monoisotopic (exact) mass is 395 g/mol. The Kier molecular flexibility index (Phi) is 5.71. The van der Waals surface area contributed by atoms with E-state index in [0.29, 0.717) is 26.6 Å². The molecule has 1 aromatic heterocycles. The van der Waals surface area contributed by atoms with Gasteiger partial charge in [-0.1, -0.05) is 54.3 Å². The van der Waals surface area contributed by atoms with Crippen molar-refractivity contribution in [3.8, 4) is 0 Å². The van der Waals surface area contributed by atoms with Crippen molar-refractivity contribution in [1.82, 2.24) is 4.90 Å². The number of carbonyl (C=O) groups is 1. The molecular weight excluding hydrogens is 382 g/mol. The van der Waals surface area contributed by atoms with E-state index < -0.39 is 0 Å². The average molecular weight is 396 g/mol. The van der Waals surface area contributed by atoms with E-state index in [1.807, 2.05) is 43.3 Å². The Morgan fingerprint density at radius 3 is 2.75 bits per heavy atom. The van der Waals surface area contributed by atoms with Gasteiger partial charge in [0.15, 0.2) is 5.09 Å². The first-order valence-corrected chi connectivity index (χ1v) is 9.77. The maximum atomic E-state index is 12.3. The van der Waals surface area contributed by atoms with Gasteiger partial charge >= 0.3 is 0 Å². The second-order valence-electron chi connectivity index (χ2n) is 5.05. The molecule has 1 amide bonds. The van der Waals surface area contributed by atoms with E-state index in [0.717, 1.165) is 16.4 Å². The van der Waals surface area contributed by atoms with Crippen molar-refractivity contribution in [3.05, 3.63) is 52.1 Å². The van der Waals surface area contributed by atoms with Crippen LogP contribution in [0, 0.1) is 0 Å². The zero-order valence-electron chi connectivity index (χ0n) is 12.8. The van der Waals surface area contributed by atoms with Crippen LogP contribution in [0.25, 0.3) is 6.08 Å². The maximum Gasteiger partial charge on any atom is 0.266 e. The topological polar surface area (TPSA) is 33.5 Å². The Morgan fingerprint density at radius 1 is 1.29 bits per heavy atom. The van der Waals surface area contributed by atoms with Gasteiger partial charge in [0.1, 0.15) is 10.1 Å². The summed E-state index contributed by atoms with van der Waals surface area (Å²) >= 11 is 14.0. The van der Waals surface area contributed by atoms with Gasteiger partial charge in [-0.25, -0.2) is 0 Å². The summed E-state index contributed by atoms with van der Waals surface area (Å²) in [4.78, 5) is 15.6. The van der Waals surface area contributed by atoms with Crippen molar-refractivity contribution >= 4 is 63.6 Å². The highest BCUT2D eigenvalue weighted by molar-refractivity contribution is 8.26. The van der Waals surface area contributed by atoms with E-state index in [2.05, 4.69) is 0 Å². The van der Waals surface area contributed by atoms with Crippen LogP contribution < -0.4 is 0 Å². The number of thiocarbonyl (C=S) groups is 1. The fourth-order valence-electron chi connectivity index (χ4n) is 2.13. The molecule has 24 heavy (non-hydrogen) atoms. The molecule has 0 N–H and O–H groups in total. The Morgan fingerprint density at radius 2 is 2.04 bits per heavy atom. The van der Waals surface area contributed by atoms with E-state index in [1.165, 1.54) is 23.5 Å². The molecule has 3 nitrogen and oxygen atoms in total. The van der Waals surface area contributed by atoms with Crippen molar-refractivity contribution < 1.29 is 9.21 Å². The van der Waals surface area contributed by atoms with Crippen molar-refractivity contribution in [1.29, 1.82) is 0 Å². The fraction of sp³-hybridized carbons (Fsp3) is 0.176. The van der Waals surface area contributed by atoms with Crippen LogP contribution in [0.4, 0.5) is 0 Å². The number of hydrogen-bond acceptors (Lipinski definition) is 5. The van der Waals surface area contributed by atoms with Gasteiger partial charge in [-0.15, -0.1) is 0 Å². The molecule has 0 radical (unpaired) electrons. The summed E-state index contributed by atoms with van der Waals surface area (Å²) in [6.45, 7) is 2.67. The number of nitrogens with zero attached hydrogens (tertiary/aromatic N) is 1. The summed E-state index contributed by atoms with van der Waals surface area (Å²) in [7, 11) is 0. The SMILES string of the molecule is CCCN1C(=O)C(=Cc2ccc(Sc3ccc(Cl)cc3)o2)SC1=S. The lowest BCUT2D eigenvalue weighted by Crippen LogP contribution is -2.28. The number of rotatable bonds is 5. The molecule has 0 unspecified atom stereocenters. The second-order valence-corrected chi connectivity index (χ2v) is 8.24. The molecule has 2 heterocycles. The van der Waals surface area contributed by atoms with Crippen molar-refractivity contribution in [2.24, 2.45) is 0 Å². The molecule has 0 bridgehead atoms. The first-order chi connectivity index (χ1) is 11.6. The molecule has 3 rings (SSSR count). The van der Waals surface area contributed by atoms with Gasteiger partial charge in [-0.2, -0.15) is 0 Å². The highest BCUT2D eigenvalue weighted by Crippen LogP contribution is 2.34. The molecule has 2 aromatic rings. The van der Waals surface area contributed by atoms with E-state index in [9.17, 15) is 4.79 Å². The van der Waals surface area contributed by atoms with Gasteiger partial charge < -0.3 is 4.42 Å². The molecule has 1 aliphatic rings. The van der Waals surface area contributed by atoms with Crippen LogP contribution in [0.15, 0.2) is 55.7 Å². The van der Waals surface area contributed by atoms with Gasteiger partial charge in [0.2, 0.25) is 0 Å². The Balaban J connectivity index is 1.73. The summed E-state index contributed by atoms with van der Waals surface area (Å²) in [5.74, 6) is 0.596. The Bertz CT molecular complexity index is 798. The molecule has 124 valence electrons. The molecule has 0 spiro atoms. The van der Waals surface area contributed by atoms with Crippen LogP contribution in [-0.2, 0) is 4.79 Å². The van der Waals surface area contributed by atoms with Crippen molar-refractivity contribution in [3.63, 3.8) is 0 Å². The van der Waals surface area contributed by atoms with Gasteiger partial charge in [-0.3, -0.25) is 9.69 Å². The molecule has 0 atom stereocenters. The minimum Gasteiger partial charge on any atom is -0.450 e. The lowest BCUT2D eigenvalue weighted by molar-refractivity contribution is -0.122. The van der Waals surface area contributed by atoms with Gasteiger partial charge in [0.25, 0.3) is 5.91 Å². The number of furan rings is 1. The van der Waals surface area contributed by atoms with Crippen LogP contribution >= 0.6 is 47.3 Å². The van der Waals surface area contributed by atoms with Gasteiger partial charge in [0.05, 0.1) is 4.91 Å². The minimum atomic E-state index is -0.0462. The molecule has 1 aromatic carbocycles. The summed E-state index contributed by atoms with van der Waals surface area (Å²) in [5, 5.41) is 1.46. The number of halogens is 1. The highest BCUT2D eigenvalue weighted by Gasteiger charge is 2.31. The molecule has 1 saturated heterocycles. The van der Waals surface area contributed by atoms with E-state index >= 15 is 0 Å². The average Bonchev–Trinajstić information content (AvgIpc) is 3.10.